The Morgan fingerprint density at radius 1 is 0.927 bits per heavy atom. The molecule has 41 heavy (non-hydrogen) atoms. The lowest BCUT2D eigenvalue weighted by Crippen LogP contribution is -2.47. The molecule has 220 valence electrons. The highest BCUT2D eigenvalue weighted by atomic mass is 32.2. The topological polar surface area (TPSA) is 108 Å². The van der Waals surface area contributed by atoms with Crippen LogP contribution in [-0.4, -0.2) is 103 Å². The van der Waals surface area contributed by atoms with E-state index in [2.05, 4.69) is 51.1 Å². The number of benzene rings is 2. The van der Waals surface area contributed by atoms with Crippen molar-refractivity contribution in [2.45, 2.75) is 36.7 Å². The van der Waals surface area contributed by atoms with E-state index >= 15 is 0 Å². The van der Waals surface area contributed by atoms with E-state index in [1.807, 2.05) is 24.1 Å². The van der Waals surface area contributed by atoms with Crippen molar-refractivity contribution < 1.29 is 13.3 Å². The normalized spacial score (nSPS) is 17.8. The van der Waals surface area contributed by atoms with Crippen LogP contribution >= 0.6 is 0 Å². The van der Waals surface area contributed by atoms with Gasteiger partial charge in [0.05, 0.1) is 11.1 Å². The van der Waals surface area contributed by atoms with Crippen molar-refractivity contribution in [2.24, 2.45) is 0 Å². The van der Waals surface area contributed by atoms with Crippen molar-refractivity contribution in [2.75, 3.05) is 64.8 Å². The molecular formula is C29H39N7O4S. The molecule has 2 aliphatic rings. The molecule has 0 atom stereocenters. The molecule has 0 amide bonds. The zero-order valence-electron chi connectivity index (χ0n) is 23.8. The van der Waals surface area contributed by atoms with Crippen LogP contribution < -0.4 is 4.90 Å². The van der Waals surface area contributed by atoms with Crippen LogP contribution in [0.2, 0.25) is 0 Å². The first-order valence-electron chi connectivity index (χ1n) is 14.2. The van der Waals surface area contributed by atoms with Gasteiger partial charge in [-0.3, -0.25) is 14.8 Å². The minimum atomic E-state index is -4.07. The highest BCUT2D eigenvalue weighted by Crippen LogP contribution is 2.30. The molecule has 0 N–H and O–H groups in total. The Kier molecular flexibility index (Phi) is 9.03. The van der Waals surface area contributed by atoms with Gasteiger partial charge in [-0.05, 0) is 70.2 Å². The monoisotopic (exact) mass is 581 g/mol. The number of piperidine rings is 1. The number of likely N-dealkylation sites (tertiary alicyclic amines) is 1. The second kappa shape index (κ2) is 12.7. The fourth-order valence-electron chi connectivity index (χ4n) is 5.69. The molecule has 2 fully saturated rings. The van der Waals surface area contributed by atoms with Gasteiger partial charge in [0.2, 0.25) is 10.0 Å². The molecule has 3 aromatic rings. The third-order valence-electron chi connectivity index (χ3n) is 8.21. The molecule has 11 nitrogen and oxygen atoms in total. The molecular weight excluding hydrogens is 542 g/mol. The molecule has 0 saturated carbocycles. The van der Waals surface area contributed by atoms with E-state index in [0.29, 0.717) is 25.8 Å². The van der Waals surface area contributed by atoms with Crippen molar-refractivity contribution in [3.8, 4) is 11.1 Å². The highest BCUT2D eigenvalue weighted by Gasteiger charge is 2.36. The van der Waals surface area contributed by atoms with Gasteiger partial charge < -0.3 is 14.7 Å². The van der Waals surface area contributed by atoms with Crippen molar-refractivity contribution in [1.29, 1.82) is 0 Å². The number of sulfonamides is 1. The van der Waals surface area contributed by atoms with Crippen LogP contribution in [0.5, 0.6) is 0 Å². The Bertz CT molecular complexity index is 1430. The summed E-state index contributed by atoms with van der Waals surface area (Å²) in [6.45, 7) is 6.53. The summed E-state index contributed by atoms with van der Waals surface area (Å²) in [4.78, 5) is 17.7. The van der Waals surface area contributed by atoms with Gasteiger partial charge in [-0.1, -0.05) is 24.3 Å². The third kappa shape index (κ3) is 6.78. The van der Waals surface area contributed by atoms with Crippen LogP contribution in [0.4, 0.5) is 11.4 Å². The maximum absolute atomic E-state index is 13.8. The molecule has 0 unspecified atom stereocenters. The summed E-state index contributed by atoms with van der Waals surface area (Å²) in [5.41, 5.74) is 2.93. The van der Waals surface area contributed by atoms with Crippen LogP contribution in [0.25, 0.3) is 11.1 Å². The van der Waals surface area contributed by atoms with E-state index in [1.165, 1.54) is 34.3 Å². The van der Waals surface area contributed by atoms with Gasteiger partial charge in [0, 0.05) is 68.8 Å². The Balaban J connectivity index is 1.26. The third-order valence-corrected chi connectivity index (χ3v) is 10.2. The lowest BCUT2D eigenvalue weighted by atomic mass is 10.1. The number of nitro groups is 1. The van der Waals surface area contributed by atoms with E-state index in [-0.39, 0.29) is 23.2 Å². The quantitative estimate of drug-likeness (QED) is 0.265. The molecule has 2 aliphatic heterocycles. The largest absolute Gasteiger partial charge is 0.369 e. The van der Waals surface area contributed by atoms with Crippen LogP contribution in [0, 0.1) is 10.1 Å². The Morgan fingerprint density at radius 3 is 2.27 bits per heavy atom. The smallest absolute Gasteiger partial charge is 0.289 e. The Hall–Kier alpha value is -3.32. The van der Waals surface area contributed by atoms with Gasteiger partial charge in [-0.25, -0.2) is 8.42 Å². The lowest BCUT2D eigenvalue weighted by Gasteiger charge is -2.36. The SMILES string of the molecule is CN1CCC(N(CCCn2cc(-c3ccc(N4CCN(C)CC4)cc3)cn2)S(=O)(=O)c2ccccc2[N+](=O)[O-])CC1. The number of rotatable bonds is 10. The minimum absolute atomic E-state index is 0.206. The molecule has 12 heteroatoms. The molecule has 3 heterocycles. The van der Waals surface area contributed by atoms with Crippen LogP contribution in [-0.2, 0) is 16.6 Å². The van der Waals surface area contributed by atoms with E-state index in [4.69, 9.17) is 0 Å². The summed E-state index contributed by atoms with van der Waals surface area (Å²) in [5, 5.41) is 16.2. The summed E-state index contributed by atoms with van der Waals surface area (Å²) in [6, 6.07) is 14.0. The first-order chi connectivity index (χ1) is 19.7. The zero-order valence-corrected chi connectivity index (χ0v) is 24.6. The van der Waals surface area contributed by atoms with Crippen molar-refractivity contribution in [3.63, 3.8) is 0 Å². The molecule has 2 aromatic carbocycles. The predicted octanol–water partition coefficient (Wildman–Crippen LogP) is 3.39. The van der Waals surface area contributed by atoms with Gasteiger partial charge >= 0.3 is 0 Å². The predicted molar refractivity (Wildman–Crippen MR) is 159 cm³/mol. The lowest BCUT2D eigenvalue weighted by molar-refractivity contribution is -0.387. The summed E-state index contributed by atoms with van der Waals surface area (Å²) >= 11 is 0. The fourth-order valence-corrected chi connectivity index (χ4v) is 7.57. The Morgan fingerprint density at radius 2 is 1.59 bits per heavy atom. The van der Waals surface area contributed by atoms with E-state index in [1.54, 1.807) is 0 Å². The van der Waals surface area contributed by atoms with E-state index in [0.717, 1.165) is 50.4 Å². The van der Waals surface area contributed by atoms with Crippen molar-refractivity contribution in [3.05, 3.63) is 71.0 Å². The van der Waals surface area contributed by atoms with Gasteiger partial charge in [0.25, 0.3) is 5.69 Å². The number of aryl methyl sites for hydroxylation is 1. The van der Waals surface area contributed by atoms with Gasteiger partial charge in [0.15, 0.2) is 4.90 Å². The van der Waals surface area contributed by atoms with Crippen LogP contribution in [0.15, 0.2) is 65.8 Å². The van der Waals surface area contributed by atoms with Gasteiger partial charge in [0.1, 0.15) is 0 Å². The first kappa shape index (κ1) is 29.2. The van der Waals surface area contributed by atoms with Crippen LogP contribution in [0.1, 0.15) is 19.3 Å². The maximum Gasteiger partial charge on any atom is 0.289 e. The van der Waals surface area contributed by atoms with Crippen LogP contribution in [0.3, 0.4) is 0 Å². The summed E-state index contributed by atoms with van der Waals surface area (Å²) in [7, 11) is 0.106. The average molecular weight is 582 g/mol. The minimum Gasteiger partial charge on any atom is -0.369 e. The second-order valence-electron chi connectivity index (χ2n) is 11.1. The van der Waals surface area contributed by atoms with Crippen molar-refractivity contribution in [1.82, 2.24) is 23.9 Å². The highest BCUT2D eigenvalue weighted by molar-refractivity contribution is 7.89. The first-order valence-corrected chi connectivity index (χ1v) is 15.7. The number of para-hydroxylation sites is 1. The number of anilines is 1. The number of hydrogen-bond acceptors (Lipinski definition) is 8. The molecule has 5 rings (SSSR count). The van der Waals surface area contributed by atoms with Gasteiger partial charge in [-0.15, -0.1) is 0 Å². The van der Waals surface area contributed by atoms with Crippen molar-refractivity contribution >= 4 is 21.4 Å². The van der Waals surface area contributed by atoms with Gasteiger partial charge in [-0.2, -0.15) is 9.40 Å². The standard InChI is InChI=1S/C29H39N7O4S/c1-31-16-12-27(13-17-31)35(41(39,40)29-7-4-3-6-28(29)36(37)38)15-5-14-34-23-25(22-30-34)24-8-10-26(11-9-24)33-20-18-32(2)19-21-33/h3-4,6-11,22-23,27H,5,12-21H2,1-2H3. The number of nitro benzene ring substituents is 1. The fraction of sp³-hybridized carbons (Fsp3) is 0.483. The number of piperazine rings is 1. The average Bonchev–Trinajstić information content (AvgIpc) is 3.45. The molecule has 1 aromatic heterocycles. The summed E-state index contributed by atoms with van der Waals surface area (Å²) < 4.78 is 30.9. The van der Waals surface area contributed by atoms with E-state index in [9.17, 15) is 18.5 Å². The maximum atomic E-state index is 13.8. The zero-order chi connectivity index (χ0) is 29.0. The number of likely N-dealkylation sites (N-methyl/N-ethyl adjacent to an activating group) is 1. The molecule has 0 radical (unpaired) electrons. The summed E-state index contributed by atoms with van der Waals surface area (Å²) in [6.07, 6.45) is 5.74. The molecule has 2 saturated heterocycles. The number of nitrogens with zero attached hydrogens (tertiary/aromatic N) is 7. The number of hydrogen-bond donors (Lipinski definition) is 0. The number of aromatic nitrogens is 2. The molecule has 0 spiro atoms. The molecule has 0 bridgehead atoms. The summed E-state index contributed by atoms with van der Waals surface area (Å²) in [5.74, 6) is 0. The second-order valence-corrected chi connectivity index (χ2v) is 12.9. The van der Waals surface area contributed by atoms with E-state index < -0.39 is 14.9 Å². The molecule has 0 aliphatic carbocycles. The Labute approximate surface area is 242 Å².